The number of nitrogens with zero attached hydrogens (tertiary/aromatic N) is 3. The maximum atomic E-state index is 11.8. The quantitative estimate of drug-likeness (QED) is 0.937. The Morgan fingerprint density at radius 2 is 2.12 bits per heavy atom. The van der Waals surface area contributed by atoms with Crippen molar-refractivity contribution in [2.45, 2.75) is 25.7 Å². The normalized spacial score (nSPS) is 25.7. The van der Waals surface area contributed by atoms with Gasteiger partial charge in [0.2, 0.25) is 0 Å². The number of hydrogen-bond donors (Lipinski definition) is 1. The third kappa shape index (κ3) is 2.54. The molecule has 0 bridgehead atoms. The fraction of sp³-hybridized carbons (Fsp3) is 0.421. The molecule has 1 aromatic heterocycles. The molecule has 0 amide bonds. The van der Waals surface area contributed by atoms with Crippen LogP contribution in [0, 0.1) is 11.3 Å². The molecular formula is C19H21N3O2. The van der Waals surface area contributed by atoms with E-state index in [0.29, 0.717) is 13.0 Å². The SMILES string of the molecule is O=C(O)[C@@]12CCC[C@H]1CN(c1ccnc(Cc3ccccc3)n1)C2. The molecule has 1 saturated carbocycles. The standard InChI is InChI=1S/C19H21N3O2/c23-18(24)19-9-4-7-15(19)12-22(13-19)17-8-10-20-16(21-17)11-14-5-2-1-3-6-14/h1-3,5-6,8,10,15H,4,7,9,11-13H2,(H,23,24)/t15-,19+/m0/s1. The van der Waals surface area contributed by atoms with E-state index in [-0.39, 0.29) is 5.92 Å². The molecule has 0 radical (unpaired) electrons. The van der Waals surface area contributed by atoms with Gasteiger partial charge in [-0.25, -0.2) is 9.97 Å². The highest BCUT2D eigenvalue weighted by molar-refractivity contribution is 5.77. The summed E-state index contributed by atoms with van der Waals surface area (Å²) >= 11 is 0. The highest BCUT2D eigenvalue weighted by atomic mass is 16.4. The summed E-state index contributed by atoms with van der Waals surface area (Å²) in [6.45, 7) is 1.35. The van der Waals surface area contributed by atoms with E-state index in [4.69, 9.17) is 0 Å². The van der Waals surface area contributed by atoms with Gasteiger partial charge in [-0.05, 0) is 30.4 Å². The van der Waals surface area contributed by atoms with Gasteiger partial charge in [-0.1, -0.05) is 36.8 Å². The summed E-state index contributed by atoms with van der Waals surface area (Å²) in [7, 11) is 0. The van der Waals surface area contributed by atoms with Crippen molar-refractivity contribution in [1.29, 1.82) is 0 Å². The molecule has 1 N–H and O–H groups in total. The molecule has 1 saturated heterocycles. The second-order valence-corrected chi connectivity index (χ2v) is 6.92. The molecule has 2 heterocycles. The van der Waals surface area contributed by atoms with Gasteiger partial charge in [0, 0.05) is 25.7 Å². The largest absolute Gasteiger partial charge is 0.481 e. The fourth-order valence-corrected chi connectivity index (χ4v) is 4.24. The number of carboxylic acids is 1. The van der Waals surface area contributed by atoms with E-state index in [1.165, 1.54) is 5.56 Å². The number of benzene rings is 1. The van der Waals surface area contributed by atoms with Crippen LogP contribution in [0.1, 0.15) is 30.7 Å². The Labute approximate surface area is 141 Å². The molecule has 5 heteroatoms. The first kappa shape index (κ1) is 15.1. The Kier molecular flexibility index (Phi) is 3.71. The zero-order valence-corrected chi connectivity index (χ0v) is 13.6. The zero-order valence-electron chi connectivity index (χ0n) is 13.6. The number of aliphatic carboxylic acids is 1. The summed E-state index contributed by atoms with van der Waals surface area (Å²) in [6, 6.07) is 12.0. The van der Waals surface area contributed by atoms with Gasteiger partial charge < -0.3 is 10.0 Å². The monoisotopic (exact) mass is 323 g/mol. The predicted molar refractivity (Wildman–Crippen MR) is 90.9 cm³/mol. The molecule has 2 fully saturated rings. The van der Waals surface area contributed by atoms with Gasteiger partial charge in [-0.15, -0.1) is 0 Å². The second kappa shape index (κ2) is 5.89. The Hall–Kier alpha value is -2.43. The molecule has 2 atom stereocenters. The van der Waals surface area contributed by atoms with Gasteiger partial charge >= 0.3 is 5.97 Å². The third-order valence-electron chi connectivity index (χ3n) is 5.52. The lowest BCUT2D eigenvalue weighted by Gasteiger charge is -2.23. The van der Waals surface area contributed by atoms with Crippen LogP contribution in [0.5, 0.6) is 0 Å². The fourth-order valence-electron chi connectivity index (χ4n) is 4.24. The van der Waals surface area contributed by atoms with E-state index in [1.54, 1.807) is 6.20 Å². The molecule has 0 unspecified atom stereocenters. The lowest BCUT2D eigenvalue weighted by molar-refractivity contribution is -0.149. The van der Waals surface area contributed by atoms with Gasteiger partial charge in [-0.2, -0.15) is 0 Å². The Morgan fingerprint density at radius 1 is 1.29 bits per heavy atom. The van der Waals surface area contributed by atoms with Crippen molar-refractivity contribution >= 4 is 11.8 Å². The van der Waals surface area contributed by atoms with E-state index >= 15 is 0 Å². The van der Waals surface area contributed by atoms with E-state index in [1.807, 2.05) is 24.3 Å². The lowest BCUT2D eigenvalue weighted by atomic mass is 9.81. The molecule has 1 aliphatic carbocycles. The van der Waals surface area contributed by atoms with Crippen LogP contribution < -0.4 is 4.90 Å². The molecule has 24 heavy (non-hydrogen) atoms. The first-order valence-corrected chi connectivity index (χ1v) is 8.51. The minimum atomic E-state index is -0.647. The Balaban J connectivity index is 1.55. The number of rotatable bonds is 4. The van der Waals surface area contributed by atoms with Crippen molar-refractivity contribution in [2.75, 3.05) is 18.0 Å². The van der Waals surface area contributed by atoms with Crippen molar-refractivity contribution in [3.05, 3.63) is 54.0 Å². The summed E-state index contributed by atoms with van der Waals surface area (Å²) in [6.07, 6.45) is 5.28. The Morgan fingerprint density at radius 3 is 2.88 bits per heavy atom. The molecule has 5 nitrogen and oxygen atoms in total. The van der Waals surface area contributed by atoms with Crippen LogP contribution in [-0.2, 0) is 11.2 Å². The van der Waals surface area contributed by atoms with E-state index in [2.05, 4.69) is 27.0 Å². The predicted octanol–water partition coefficient (Wildman–Crippen LogP) is 2.76. The van der Waals surface area contributed by atoms with Crippen LogP contribution in [0.3, 0.4) is 0 Å². The number of carbonyl (C=O) groups is 1. The molecule has 0 spiro atoms. The van der Waals surface area contributed by atoms with Crippen molar-refractivity contribution in [3.63, 3.8) is 0 Å². The number of carboxylic acid groups (broad SMARTS) is 1. The first-order chi connectivity index (χ1) is 11.7. The van der Waals surface area contributed by atoms with Crippen LogP contribution in [0.4, 0.5) is 5.82 Å². The van der Waals surface area contributed by atoms with Crippen molar-refractivity contribution in [3.8, 4) is 0 Å². The number of anilines is 1. The average Bonchev–Trinajstić information content (AvgIpc) is 3.14. The van der Waals surface area contributed by atoms with E-state index in [9.17, 15) is 9.90 Å². The summed E-state index contributed by atoms with van der Waals surface area (Å²) < 4.78 is 0. The van der Waals surface area contributed by atoms with Gasteiger partial charge in [0.25, 0.3) is 0 Å². The first-order valence-electron chi connectivity index (χ1n) is 8.51. The van der Waals surface area contributed by atoms with E-state index < -0.39 is 11.4 Å². The number of aromatic nitrogens is 2. The van der Waals surface area contributed by atoms with Crippen molar-refractivity contribution < 1.29 is 9.90 Å². The highest BCUT2D eigenvalue weighted by Crippen LogP contribution is 2.49. The molecule has 1 aromatic carbocycles. The van der Waals surface area contributed by atoms with Gasteiger partial charge in [0.15, 0.2) is 0 Å². The lowest BCUT2D eigenvalue weighted by Crippen LogP contribution is -2.35. The third-order valence-corrected chi connectivity index (χ3v) is 5.52. The van der Waals surface area contributed by atoms with E-state index in [0.717, 1.165) is 37.4 Å². The smallest absolute Gasteiger partial charge is 0.311 e. The van der Waals surface area contributed by atoms with Crippen LogP contribution in [-0.4, -0.2) is 34.1 Å². The summed E-state index contributed by atoms with van der Waals surface area (Å²) in [4.78, 5) is 23.0. The van der Waals surface area contributed by atoms with Crippen molar-refractivity contribution in [1.82, 2.24) is 9.97 Å². The molecular weight excluding hydrogens is 302 g/mol. The van der Waals surface area contributed by atoms with Gasteiger partial charge in [0.05, 0.1) is 5.41 Å². The minimum absolute atomic E-state index is 0.238. The van der Waals surface area contributed by atoms with Crippen LogP contribution in [0.2, 0.25) is 0 Å². The van der Waals surface area contributed by atoms with Crippen LogP contribution in [0.25, 0.3) is 0 Å². The molecule has 124 valence electrons. The average molecular weight is 323 g/mol. The molecule has 2 aliphatic rings. The van der Waals surface area contributed by atoms with Gasteiger partial charge in [0.1, 0.15) is 11.6 Å². The molecule has 1 aliphatic heterocycles. The maximum Gasteiger partial charge on any atom is 0.311 e. The minimum Gasteiger partial charge on any atom is -0.481 e. The number of hydrogen-bond acceptors (Lipinski definition) is 4. The van der Waals surface area contributed by atoms with Crippen molar-refractivity contribution in [2.24, 2.45) is 11.3 Å². The van der Waals surface area contributed by atoms with Crippen LogP contribution >= 0.6 is 0 Å². The Bertz CT molecular complexity index is 749. The second-order valence-electron chi connectivity index (χ2n) is 6.92. The van der Waals surface area contributed by atoms with Crippen LogP contribution in [0.15, 0.2) is 42.6 Å². The highest BCUT2D eigenvalue weighted by Gasteiger charge is 2.55. The maximum absolute atomic E-state index is 11.8. The summed E-state index contributed by atoms with van der Waals surface area (Å²) in [5.41, 5.74) is 0.597. The summed E-state index contributed by atoms with van der Waals surface area (Å²) in [5.74, 6) is 1.22. The molecule has 2 aromatic rings. The zero-order chi connectivity index (χ0) is 16.6. The molecule has 4 rings (SSSR count). The topological polar surface area (TPSA) is 66.3 Å². The number of fused-ring (bicyclic) bond motifs is 1. The van der Waals surface area contributed by atoms with Gasteiger partial charge in [-0.3, -0.25) is 4.79 Å². The summed E-state index contributed by atoms with van der Waals surface area (Å²) in [5, 5.41) is 9.73.